The number of carbonyl (C=O) groups excluding carboxylic acids is 1. The van der Waals surface area contributed by atoms with Crippen molar-refractivity contribution in [3.05, 3.63) is 0 Å². The first-order chi connectivity index (χ1) is 8.11. The predicted molar refractivity (Wildman–Crippen MR) is 71.4 cm³/mol. The summed E-state index contributed by atoms with van der Waals surface area (Å²) in [5.74, 6) is -0.706. The van der Waals surface area contributed by atoms with E-state index in [9.17, 15) is 9.59 Å². The Morgan fingerprint density at radius 2 is 1.88 bits per heavy atom. The normalized spacial score (nSPS) is 12.1. The van der Waals surface area contributed by atoms with E-state index in [2.05, 4.69) is 24.9 Å². The smallest absolute Gasteiger partial charge is 0.326 e. The van der Waals surface area contributed by atoms with E-state index >= 15 is 0 Å². The number of amides is 1. The maximum Gasteiger partial charge on any atom is 0.326 e. The van der Waals surface area contributed by atoms with E-state index in [4.69, 9.17) is 5.11 Å². The number of unbranched alkanes of at least 4 members (excludes halogenated alkanes) is 4. The molecule has 0 aromatic heterocycles. The minimum absolute atomic E-state index is 0.171. The monoisotopic (exact) mass is 261 g/mol. The lowest BCUT2D eigenvalue weighted by atomic mass is 10.1. The summed E-state index contributed by atoms with van der Waals surface area (Å²) in [6.07, 6.45) is 6.15. The number of nitrogens with one attached hydrogen (secondary N) is 1. The van der Waals surface area contributed by atoms with Gasteiger partial charge in [0.2, 0.25) is 5.91 Å². The zero-order valence-electron chi connectivity index (χ0n) is 10.4. The lowest BCUT2D eigenvalue weighted by Gasteiger charge is -2.13. The molecule has 0 heterocycles. The van der Waals surface area contributed by atoms with Crippen LogP contribution in [0.3, 0.4) is 0 Å². The van der Waals surface area contributed by atoms with Gasteiger partial charge in [0.1, 0.15) is 6.04 Å². The summed E-state index contributed by atoms with van der Waals surface area (Å²) in [6, 6.07) is -0.796. The largest absolute Gasteiger partial charge is 0.480 e. The van der Waals surface area contributed by atoms with Crippen LogP contribution in [0.25, 0.3) is 0 Å². The van der Waals surface area contributed by atoms with Gasteiger partial charge in [0.15, 0.2) is 0 Å². The quantitative estimate of drug-likeness (QED) is 0.417. The molecule has 0 rings (SSSR count). The molecule has 1 amide bonds. The third-order valence-electron chi connectivity index (χ3n) is 2.56. The van der Waals surface area contributed by atoms with E-state index in [1.807, 2.05) is 0 Å². The minimum atomic E-state index is -0.988. The van der Waals surface area contributed by atoms with Gasteiger partial charge < -0.3 is 10.4 Å². The Hall–Kier alpha value is -0.710. The number of hydrogen-bond donors (Lipinski definition) is 3. The molecule has 100 valence electrons. The first-order valence-corrected chi connectivity index (χ1v) is 6.88. The lowest BCUT2D eigenvalue weighted by molar-refractivity contribution is -0.141. The summed E-state index contributed by atoms with van der Waals surface area (Å²) < 4.78 is 0. The molecule has 5 heteroatoms. The molecule has 0 bridgehead atoms. The van der Waals surface area contributed by atoms with Crippen molar-refractivity contribution >= 4 is 24.5 Å². The van der Waals surface area contributed by atoms with Crippen LogP contribution < -0.4 is 5.32 Å². The summed E-state index contributed by atoms with van der Waals surface area (Å²) in [7, 11) is 0. The molecule has 4 nitrogen and oxygen atoms in total. The fourth-order valence-corrected chi connectivity index (χ4v) is 1.80. The van der Waals surface area contributed by atoms with Crippen LogP contribution in [-0.4, -0.2) is 28.8 Å². The molecule has 0 aliphatic heterocycles. The van der Waals surface area contributed by atoms with E-state index in [1.165, 1.54) is 12.8 Å². The molecule has 0 fully saturated rings. The van der Waals surface area contributed by atoms with Crippen LogP contribution in [0.15, 0.2) is 0 Å². The van der Waals surface area contributed by atoms with Crippen LogP contribution in [0.1, 0.15) is 51.9 Å². The van der Waals surface area contributed by atoms with Gasteiger partial charge in [0.05, 0.1) is 0 Å². The Morgan fingerprint density at radius 1 is 1.24 bits per heavy atom. The van der Waals surface area contributed by atoms with Gasteiger partial charge in [-0.2, -0.15) is 12.6 Å². The van der Waals surface area contributed by atoms with Crippen LogP contribution in [0.2, 0.25) is 0 Å². The summed E-state index contributed by atoms with van der Waals surface area (Å²) in [5, 5.41) is 11.4. The Labute approximate surface area is 109 Å². The topological polar surface area (TPSA) is 66.4 Å². The molecule has 0 aromatic rings. The van der Waals surface area contributed by atoms with Crippen molar-refractivity contribution in [3.63, 3.8) is 0 Å². The SMILES string of the molecule is CCCCCCCC(=O)N[C@@H](CCS)C(=O)O. The van der Waals surface area contributed by atoms with E-state index in [0.717, 1.165) is 19.3 Å². The zero-order chi connectivity index (χ0) is 13.1. The predicted octanol–water partition coefficient (Wildman–Crippen LogP) is 2.24. The highest BCUT2D eigenvalue weighted by Crippen LogP contribution is 2.05. The summed E-state index contributed by atoms with van der Waals surface area (Å²) >= 11 is 3.97. The lowest BCUT2D eigenvalue weighted by Crippen LogP contribution is -2.40. The standard InChI is InChI=1S/C12H23NO3S/c1-2-3-4-5-6-7-11(14)13-10(8-9-17)12(15)16/h10,17H,2-9H2,1H3,(H,13,14)(H,15,16)/t10-/m0/s1. The van der Waals surface area contributed by atoms with Crippen molar-refractivity contribution in [2.45, 2.75) is 57.9 Å². The Kier molecular flexibility index (Phi) is 10.0. The number of rotatable bonds is 10. The van der Waals surface area contributed by atoms with Crippen LogP contribution >= 0.6 is 12.6 Å². The number of hydrogen-bond acceptors (Lipinski definition) is 3. The molecule has 0 spiro atoms. The van der Waals surface area contributed by atoms with Crippen molar-refractivity contribution in [2.75, 3.05) is 5.75 Å². The maximum atomic E-state index is 11.5. The number of carboxylic acid groups (broad SMARTS) is 1. The van der Waals surface area contributed by atoms with Gasteiger partial charge in [0, 0.05) is 6.42 Å². The van der Waals surface area contributed by atoms with Crippen molar-refractivity contribution in [3.8, 4) is 0 Å². The van der Waals surface area contributed by atoms with Crippen LogP contribution in [0.5, 0.6) is 0 Å². The van der Waals surface area contributed by atoms with Crippen molar-refractivity contribution in [2.24, 2.45) is 0 Å². The molecule has 0 radical (unpaired) electrons. The van der Waals surface area contributed by atoms with Gasteiger partial charge in [0.25, 0.3) is 0 Å². The van der Waals surface area contributed by atoms with Gasteiger partial charge in [-0.3, -0.25) is 4.79 Å². The maximum absolute atomic E-state index is 11.5. The minimum Gasteiger partial charge on any atom is -0.480 e. The average molecular weight is 261 g/mol. The average Bonchev–Trinajstić information content (AvgIpc) is 2.28. The second kappa shape index (κ2) is 10.4. The summed E-state index contributed by atoms with van der Waals surface area (Å²) in [6.45, 7) is 2.14. The van der Waals surface area contributed by atoms with Crippen LogP contribution in [0.4, 0.5) is 0 Å². The number of carbonyl (C=O) groups is 2. The first-order valence-electron chi connectivity index (χ1n) is 6.24. The zero-order valence-corrected chi connectivity index (χ0v) is 11.3. The highest BCUT2D eigenvalue weighted by atomic mass is 32.1. The highest BCUT2D eigenvalue weighted by molar-refractivity contribution is 7.80. The van der Waals surface area contributed by atoms with E-state index < -0.39 is 12.0 Å². The molecular formula is C12H23NO3S. The van der Waals surface area contributed by atoms with Crippen molar-refractivity contribution in [1.29, 1.82) is 0 Å². The number of thiol groups is 1. The second-order valence-electron chi connectivity index (χ2n) is 4.13. The third kappa shape index (κ3) is 9.03. The van der Waals surface area contributed by atoms with E-state index in [0.29, 0.717) is 18.6 Å². The molecule has 0 unspecified atom stereocenters. The number of aliphatic carboxylic acids is 1. The van der Waals surface area contributed by atoms with Crippen LogP contribution in [0, 0.1) is 0 Å². The third-order valence-corrected chi connectivity index (χ3v) is 2.82. The first kappa shape index (κ1) is 16.3. The van der Waals surface area contributed by atoms with Gasteiger partial charge in [-0.25, -0.2) is 4.79 Å². The van der Waals surface area contributed by atoms with Gasteiger partial charge in [-0.15, -0.1) is 0 Å². The molecule has 0 aromatic carbocycles. The van der Waals surface area contributed by atoms with Crippen LogP contribution in [-0.2, 0) is 9.59 Å². The van der Waals surface area contributed by atoms with Crippen molar-refractivity contribution < 1.29 is 14.7 Å². The Morgan fingerprint density at radius 3 is 2.41 bits per heavy atom. The van der Waals surface area contributed by atoms with E-state index in [1.54, 1.807) is 0 Å². The molecule has 0 saturated carbocycles. The summed E-state index contributed by atoms with van der Waals surface area (Å²) in [5.41, 5.74) is 0. The molecule has 1 atom stereocenters. The number of carboxylic acids is 1. The molecule has 17 heavy (non-hydrogen) atoms. The molecule has 2 N–H and O–H groups in total. The van der Waals surface area contributed by atoms with Gasteiger partial charge in [-0.1, -0.05) is 32.6 Å². The molecule has 0 aliphatic carbocycles. The van der Waals surface area contributed by atoms with Gasteiger partial charge >= 0.3 is 5.97 Å². The molecular weight excluding hydrogens is 238 g/mol. The Balaban J connectivity index is 3.71. The van der Waals surface area contributed by atoms with Gasteiger partial charge in [-0.05, 0) is 18.6 Å². The fraction of sp³-hybridized carbons (Fsp3) is 0.833. The second-order valence-corrected chi connectivity index (χ2v) is 4.58. The van der Waals surface area contributed by atoms with E-state index in [-0.39, 0.29) is 5.91 Å². The Bertz CT molecular complexity index is 234. The molecule has 0 saturated heterocycles. The van der Waals surface area contributed by atoms with Crippen molar-refractivity contribution in [1.82, 2.24) is 5.32 Å². The fourth-order valence-electron chi connectivity index (χ4n) is 1.54. The molecule has 0 aliphatic rings. The highest BCUT2D eigenvalue weighted by Gasteiger charge is 2.18. The summed E-state index contributed by atoms with van der Waals surface area (Å²) in [4.78, 5) is 22.3.